The summed E-state index contributed by atoms with van der Waals surface area (Å²) in [6, 6.07) is 0. The molecule has 1 heterocycles. The molecule has 0 unspecified atom stereocenters. The first-order valence-electron chi connectivity index (χ1n) is 7.01. The Bertz CT molecular complexity index is 251. The van der Waals surface area contributed by atoms with E-state index in [4.69, 9.17) is 0 Å². The van der Waals surface area contributed by atoms with Crippen molar-refractivity contribution >= 4 is 5.91 Å². The molecule has 1 amide bonds. The Morgan fingerprint density at radius 2 is 2.12 bits per heavy atom. The van der Waals surface area contributed by atoms with Crippen LogP contribution < -0.4 is 5.32 Å². The van der Waals surface area contributed by atoms with Gasteiger partial charge in [-0.3, -0.25) is 9.69 Å². The molecule has 3 heteroatoms. The quantitative estimate of drug-likeness (QED) is 0.800. The molecule has 1 fully saturated rings. The van der Waals surface area contributed by atoms with Crippen molar-refractivity contribution in [3.8, 4) is 0 Å². The topological polar surface area (TPSA) is 32.3 Å². The molecule has 0 radical (unpaired) electrons. The molecule has 0 bridgehead atoms. The Labute approximate surface area is 106 Å². The zero-order valence-electron chi connectivity index (χ0n) is 11.9. The Balaban J connectivity index is 2.47. The van der Waals surface area contributed by atoms with Gasteiger partial charge in [0.2, 0.25) is 5.91 Å². The van der Waals surface area contributed by atoms with Crippen LogP contribution in [0.4, 0.5) is 0 Å². The molecule has 1 atom stereocenters. The van der Waals surface area contributed by atoms with Crippen LogP contribution in [0.5, 0.6) is 0 Å². The van der Waals surface area contributed by atoms with Crippen LogP contribution in [-0.2, 0) is 4.79 Å². The highest BCUT2D eigenvalue weighted by atomic mass is 16.1. The zero-order valence-corrected chi connectivity index (χ0v) is 11.9. The summed E-state index contributed by atoms with van der Waals surface area (Å²) in [6.45, 7) is 11.8. The summed E-state index contributed by atoms with van der Waals surface area (Å²) >= 11 is 0. The van der Waals surface area contributed by atoms with Gasteiger partial charge in [-0.2, -0.15) is 0 Å². The maximum Gasteiger partial charge on any atom is 0.219 e. The number of hydrogen-bond acceptors (Lipinski definition) is 2. The van der Waals surface area contributed by atoms with Crippen LogP contribution in [-0.4, -0.2) is 36.0 Å². The average molecular weight is 240 g/mol. The smallest absolute Gasteiger partial charge is 0.219 e. The minimum absolute atomic E-state index is 0.0820. The van der Waals surface area contributed by atoms with Gasteiger partial charge < -0.3 is 5.32 Å². The van der Waals surface area contributed by atoms with Crippen molar-refractivity contribution in [3.05, 3.63) is 0 Å². The normalized spacial score (nSPS) is 22.5. The van der Waals surface area contributed by atoms with Gasteiger partial charge >= 0.3 is 0 Å². The lowest BCUT2D eigenvalue weighted by Gasteiger charge is -2.43. The van der Waals surface area contributed by atoms with Crippen LogP contribution in [0, 0.1) is 5.92 Å². The molecule has 100 valence electrons. The van der Waals surface area contributed by atoms with E-state index in [1.165, 1.54) is 32.4 Å². The second-order valence-corrected chi connectivity index (χ2v) is 5.81. The van der Waals surface area contributed by atoms with Gasteiger partial charge in [-0.25, -0.2) is 0 Å². The molecule has 1 aliphatic rings. The summed E-state index contributed by atoms with van der Waals surface area (Å²) in [5.41, 5.74) is 0.0820. The maximum absolute atomic E-state index is 11.3. The van der Waals surface area contributed by atoms with E-state index < -0.39 is 0 Å². The summed E-state index contributed by atoms with van der Waals surface area (Å²) < 4.78 is 0. The predicted molar refractivity (Wildman–Crippen MR) is 72.0 cm³/mol. The highest BCUT2D eigenvalue weighted by Gasteiger charge is 2.30. The first kappa shape index (κ1) is 14.5. The second-order valence-electron chi connectivity index (χ2n) is 5.81. The molecule has 17 heavy (non-hydrogen) atoms. The van der Waals surface area contributed by atoms with Crippen LogP contribution >= 0.6 is 0 Å². The Hall–Kier alpha value is -0.570. The Kier molecular flexibility index (Phi) is 5.44. The van der Waals surface area contributed by atoms with Crippen LogP contribution in [0.25, 0.3) is 0 Å². The van der Waals surface area contributed by atoms with Crippen molar-refractivity contribution in [1.82, 2.24) is 10.2 Å². The minimum atomic E-state index is 0.0820. The molecule has 1 rings (SSSR count). The lowest BCUT2D eigenvalue weighted by molar-refractivity contribution is -0.121. The van der Waals surface area contributed by atoms with E-state index in [0.717, 1.165) is 12.5 Å². The van der Waals surface area contributed by atoms with Crippen molar-refractivity contribution in [3.63, 3.8) is 0 Å². The molecular formula is C14H28N2O. The number of rotatable bonds is 5. The van der Waals surface area contributed by atoms with Crippen molar-refractivity contribution < 1.29 is 4.79 Å². The Morgan fingerprint density at radius 1 is 1.41 bits per heavy atom. The average Bonchev–Trinajstić information content (AvgIpc) is 2.36. The number of carbonyl (C=O) groups is 1. The summed E-state index contributed by atoms with van der Waals surface area (Å²) in [7, 11) is 0. The molecule has 0 aromatic carbocycles. The third kappa shape index (κ3) is 4.30. The van der Waals surface area contributed by atoms with Crippen LogP contribution in [0.2, 0.25) is 0 Å². The maximum atomic E-state index is 11.3. The predicted octanol–water partition coefficient (Wildman–Crippen LogP) is 2.41. The fourth-order valence-corrected chi connectivity index (χ4v) is 2.50. The lowest BCUT2D eigenvalue weighted by atomic mass is 9.91. The van der Waals surface area contributed by atoms with E-state index in [0.29, 0.717) is 6.42 Å². The number of hydrogen-bond donors (Lipinski definition) is 1. The summed E-state index contributed by atoms with van der Waals surface area (Å²) in [6.07, 6.45) is 4.51. The highest BCUT2D eigenvalue weighted by molar-refractivity contribution is 5.75. The first-order valence-corrected chi connectivity index (χ1v) is 7.01. The monoisotopic (exact) mass is 240 g/mol. The summed E-state index contributed by atoms with van der Waals surface area (Å²) in [4.78, 5) is 13.9. The largest absolute Gasteiger partial charge is 0.354 e. The number of amides is 1. The molecule has 1 saturated heterocycles. The number of nitrogens with zero attached hydrogens (tertiary/aromatic N) is 1. The number of nitrogens with one attached hydrogen (secondary N) is 1. The van der Waals surface area contributed by atoms with Crippen molar-refractivity contribution in [2.75, 3.05) is 19.6 Å². The van der Waals surface area contributed by atoms with Gasteiger partial charge in [0.1, 0.15) is 0 Å². The third-order valence-corrected chi connectivity index (χ3v) is 3.99. The Morgan fingerprint density at radius 3 is 2.71 bits per heavy atom. The van der Waals surface area contributed by atoms with Gasteiger partial charge in [-0.05, 0) is 39.2 Å². The number of likely N-dealkylation sites (tertiary alicyclic amines) is 1. The van der Waals surface area contributed by atoms with Gasteiger partial charge in [-0.15, -0.1) is 0 Å². The number of piperidine rings is 1. The molecule has 3 nitrogen and oxygen atoms in total. The molecule has 1 N–H and O–H groups in total. The standard InChI is InChI=1S/C14H28N2O/c1-5-12-8-7-9-16(10-12)14(3,4)11-15-13(17)6-2/h12H,5-11H2,1-4H3,(H,15,17)/t12-/m0/s1. The lowest BCUT2D eigenvalue weighted by Crippen LogP contribution is -2.54. The van der Waals surface area contributed by atoms with Gasteiger partial charge in [0.25, 0.3) is 0 Å². The molecule has 0 aliphatic carbocycles. The van der Waals surface area contributed by atoms with Crippen molar-refractivity contribution in [2.24, 2.45) is 5.92 Å². The number of carbonyl (C=O) groups excluding carboxylic acids is 1. The van der Waals surface area contributed by atoms with Crippen LogP contribution in [0.3, 0.4) is 0 Å². The molecule has 0 aromatic rings. The molecule has 0 aromatic heterocycles. The fraction of sp³-hybridized carbons (Fsp3) is 0.929. The van der Waals surface area contributed by atoms with E-state index >= 15 is 0 Å². The van der Waals surface area contributed by atoms with Crippen LogP contribution in [0.15, 0.2) is 0 Å². The summed E-state index contributed by atoms with van der Waals surface area (Å²) in [5, 5.41) is 3.02. The van der Waals surface area contributed by atoms with E-state index in [-0.39, 0.29) is 11.4 Å². The molecule has 0 saturated carbocycles. The third-order valence-electron chi connectivity index (χ3n) is 3.99. The zero-order chi connectivity index (χ0) is 12.9. The van der Waals surface area contributed by atoms with E-state index in [2.05, 4.69) is 31.0 Å². The molecule has 1 aliphatic heterocycles. The van der Waals surface area contributed by atoms with Crippen LogP contribution in [0.1, 0.15) is 53.4 Å². The fourth-order valence-electron chi connectivity index (χ4n) is 2.50. The SMILES string of the molecule is CCC(=O)NCC(C)(C)N1CCC[C@H](CC)C1. The second kappa shape index (κ2) is 6.39. The minimum Gasteiger partial charge on any atom is -0.354 e. The van der Waals surface area contributed by atoms with Gasteiger partial charge in [-0.1, -0.05) is 20.3 Å². The van der Waals surface area contributed by atoms with Gasteiger partial charge in [0.05, 0.1) is 0 Å². The van der Waals surface area contributed by atoms with Gasteiger partial charge in [0, 0.05) is 25.0 Å². The molecule has 0 spiro atoms. The highest BCUT2D eigenvalue weighted by Crippen LogP contribution is 2.25. The molecular weight excluding hydrogens is 212 g/mol. The van der Waals surface area contributed by atoms with E-state index in [9.17, 15) is 4.79 Å². The van der Waals surface area contributed by atoms with Crippen molar-refractivity contribution in [2.45, 2.75) is 58.9 Å². The van der Waals surface area contributed by atoms with Crippen molar-refractivity contribution in [1.29, 1.82) is 0 Å². The van der Waals surface area contributed by atoms with E-state index in [1.807, 2.05) is 6.92 Å². The first-order chi connectivity index (χ1) is 7.99. The summed E-state index contributed by atoms with van der Waals surface area (Å²) in [5.74, 6) is 0.993. The van der Waals surface area contributed by atoms with E-state index in [1.54, 1.807) is 0 Å². The van der Waals surface area contributed by atoms with Gasteiger partial charge in [0.15, 0.2) is 0 Å².